The van der Waals surface area contributed by atoms with Crippen molar-refractivity contribution in [2.45, 2.75) is 57.3 Å². The zero-order valence-electron chi connectivity index (χ0n) is 10.2. The lowest BCUT2D eigenvalue weighted by Crippen LogP contribution is -2.53. The summed E-state index contributed by atoms with van der Waals surface area (Å²) in [6.45, 7) is 3.96. The molecule has 0 heterocycles. The number of amides is 1. The zero-order valence-corrected chi connectivity index (χ0v) is 10.2. The maximum Gasteiger partial charge on any atom is 0.406 e. The van der Waals surface area contributed by atoms with Crippen LogP contribution in [0.15, 0.2) is 0 Å². The molecule has 0 aromatic rings. The molecule has 0 aliphatic heterocycles. The van der Waals surface area contributed by atoms with Gasteiger partial charge in [0.25, 0.3) is 0 Å². The van der Waals surface area contributed by atoms with Gasteiger partial charge in [0.05, 0.1) is 6.04 Å². The van der Waals surface area contributed by atoms with E-state index in [1.165, 1.54) is 6.92 Å². The summed E-state index contributed by atoms with van der Waals surface area (Å²) in [5.74, 6) is -0.367. The topological polar surface area (TPSA) is 41.1 Å². The third-order valence-electron chi connectivity index (χ3n) is 3.01. The van der Waals surface area contributed by atoms with Crippen LogP contribution in [0.5, 0.6) is 0 Å². The fourth-order valence-electron chi connectivity index (χ4n) is 1.66. The highest BCUT2D eigenvalue weighted by atomic mass is 19.4. The fourth-order valence-corrected chi connectivity index (χ4v) is 1.66. The smallest absolute Gasteiger partial charge is 0.355 e. The highest BCUT2D eigenvalue weighted by Crippen LogP contribution is 2.49. The first-order chi connectivity index (χ1) is 7.82. The van der Waals surface area contributed by atoms with Crippen molar-refractivity contribution >= 4 is 5.91 Å². The van der Waals surface area contributed by atoms with Crippen LogP contribution < -0.4 is 10.6 Å². The van der Waals surface area contributed by atoms with Gasteiger partial charge in [-0.1, -0.05) is 13.3 Å². The molecule has 6 heteroatoms. The van der Waals surface area contributed by atoms with Gasteiger partial charge in [0.1, 0.15) is 5.54 Å². The monoisotopic (exact) mass is 252 g/mol. The Labute approximate surface area is 99.1 Å². The zero-order chi connectivity index (χ0) is 13.1. The Kier molecular flexibility index (Phi) is 4.41. The third-order valence-corrected chi connectivity index (χ3v) is 3.01. The molecule has 1 rings (SSSR count). The molecule has 0 radical (unpaired) electrons. The molecule has 0 spiro atoms. The number of carbonyl (C=O) groups is 1. The second-order valence-corrected chi connectivity index (χ2v) is 4.59. The Morgan fingerprint density at radius 2 is 2.00 bits per heavy atom. The quantitative estimate of drug-likeness (QED) is 0.710. The number of hydrogen-bond acceptors (Lipinski definition) is 2. The molecule has 0 aromatic carbocycles. The van der Waals surface area contributed by atoms with E-state index in [9.17, 15) is 18.0 Å². The second kappa shape index (κ2) is 5.25. The van der Waals surface area contributed by atoms with E-state index in [1.54, 1.807) is 0 Å². The molecule has 1 saturated carbocycles. The predicted molar refractivity (Wildman–Crippen MR) is 58.5 cm³/mol. The largest absolute Gasteiger partial charge is 0.406 e. The number of alkyl halides is 3. The van der Waals surface area contributed by atoms with E-state index in [0.29, 0.717) is 6.54 Å². The molecule has 0 bridgehead atoms. The summed E-state index contributed by atoms with van der Waals surface area (Å²) in [7, 11) is 0. The molecule has 1 aliphatic carbocycles. The molecule has 1 atom stereocenters. The van der Waals surface area contributed by atoms with Crippen LogP contribution in [-0.2, 0) is 4.79 Å². The van der Waals surface area contributed by atoms with Crippen molar-refractivity contribution < 1.29 is 18.0 Å². The van der Waals surface area contributed by atoms with Crippen LogP contribution in [-0.4, -0.2) is 30.2 Å². The number of unbranched alkanes of at least 4 members (excludes halogenated alkanes) is 1. The predicted octanol–water partition coefficient (Wildman–Crippen LogP) is 1.98. The van der Waals surface area contributed by atoms with E-state index in [0.717, 1.165) is 12.8 Å². The molecule has 0 aromatic heterocycles. The Hall–Kier alpha value is -0.780. The molecular weight excluding hydrogens is 233 g/mol. The summed E-state index contributed by atoms with van der Waals surface area (Å²) in [5.41, 5.74) is -1.82. The first-order valence-electron chi connectivity index (χ1n) is 5.94. The minimum absolute atomic E-state index is 0.0586. The van der Waals surface area contributed by atoms with Crippen LogP contribution in [0.4, 0.5) is 13.2 Å². The van der Waals surface area contributed by atoms with Gasteiger partial charge in [0, 0.05) is 6.54 Å². The first-order valence-corrected chi connectivity index (χ1v) is 5.94. The van der Waals surface area contributed by atoms with Gasteiger partial charge >= 0.3 is 6.18 Å². The average molecular weight is 252 g/mol. The van der Waals surface area contributed by atoms with Gasteiger partial charge in [-0.2, -0.15) is 13.2 Å². The van der Waals surface area contributed by atoms with Crippen molar-refractivity contribution in [1.82, 2.24) is 10.6 Å². The van der Waals surface area contributed by atoms with Crippen molar-refractivity contribution in [3.05, 3.63) is 0 Å². The summed E-state index contributed by atoms with van der Waals surface area (Å²) in [6.07, 6.45) is -2.38. The van der Waals surface area contributed by atoms with E-state index in [2.05, 4.69) is 10.6 Å². The maximum absolute atomic E-state index is 12.6. The molecule has 1 amide bonds. The first kappa shape index (κ1) is 14.3. The lowest BCUT2D eigenvalue weighted by molar-refractivity contribution is -0.168. The highest BCUT2D eigenvalue weighted by Gasteiger charge is 2.63. The summed E-state index contributed by atoms with van der Waals surface area (Å²) in [5, 5.41) is 5.01. The van der Waals surface area contributed by atoms with Crippen molar-refractivity contribution in [3.63, 3.8) is 0 Å². The summed E-state index contributed by atoms with van der Waals surface area (Å²) in [6, 6.07) is -0.809. The fraction of sp³-hybridized carbons (Fsp3) is 0.909. The van der Waals surface area contributed by atoms with Gasteiger partial charge in [0.2, 0.25) is 5.91 Å². The molecule has 1 unspecified atom stereocenters. The number of carbonyl (C=O) groups excluding carboxylic acids is 1. The van der Waals surface area contributed by atoms with Crippen molar-refractivity contribution in [2.24, 2.45) is 0 Å². The highest BCUT2D eigenvalue weighted by molar-refractivity contribution is 5.81. The lowest BCUT2D eigenvalue weighted by Gasteiger charge is -2.24. The molecule has 3 nitrogen and oxygen atoms in total. The molecule has 0 saturated heterocycles. The van der Waals surface area contributed by atoms with E-state index < -0.39 is 17.8 Å². The van der Waals surface area contributed by atoms with E-state index in [4.69, 9.17) is 0 Å². The van der Waals surface area contributed by atoms with Crippen molar-refractivity contribution in [3.8, 4) is 0 Å². The van der Waals surface area contributed by atoms with Crippen LogP contribution in [0, 0.1) is 0 Å². The summed E-state index contributed by atoms with van der Waals surface area (Å²) >= 11 is 0. The Morgan fingerprint density at radius 1 is 1.41 bits per heavy atom. The molecular formula is C11H19F3N2O. The summed E-state index contributed by atoms with van der Waals surface area (Å²) in [4.78, 5) is 11.5. The second-order valence-electron chi connectivity index (χ2n) is 4.59. The molecule has 17 heavy (non-hydrogen) atoms. The summed E-state index contributed by atoms with van der Waals surface area (Å²) < 4.78 is 37.9. The SMILES string of the molecule is CCCCNC(=O)C(C)NC1(C(F)(F)F)CC1. The van der Waals surface area contributed by atoms with Gasteiger partial charge in [-0.3, -0.25) is 10.1 Å². The average Bonchev–Trinajstić information content (AvgIpc) is 2.98. The van der Waals surface area contributed by atoms with Crippen molar-refractivity contribution in [1.29, 1.82) is 0 Å². The number of halogens is 3. The van der Waals surface area contributed by atoms with Crippen LogP contribution in [0.2, 0.25) is 0 Å². The van der Waals surface area contributed by atoms with Gasteiger partial charge in [-0.05, 0) is 26.2 Å². The Bertz CT molecular complexity index is 274. The number of hydrogen-bond donors (Lipinski definition) is 2. The number of nitrogens with one attached hydrogen (secondary N) is 2. The van der Waals surface area contributed by atoms with E-state index in [1.807, 2.05) is 6.92 Å². The molecule has 1 fully saturated rings. The van der Waals surface area contributed by atoms with E-state index in [-0.39, 0.29) is 18.7 Å². The van der Waals surface area contributed by atoms with Gasteiger partial charge in [-0.15, -0.1) is 0 Å². The third kappa shape index (κ3) is 3.59. The standard InChI is InChI=1S/C11H19F3N2O/c1-3-4-7-15-9(17)8(2)16-10(5-6-10)11(12,13)14/h8,16H,3-7H2,1-2H3,(H,15,17). The Balaban J connectivity index is 2.39. The van der Waals surface area contributed by atoms with E-state index >= 15 is 0 Å². The van der Waals surface area contributed by atoms with Crippen molar-refractivity contribution in [2.75, 3.05) is 6.54 Å². The number of rotatable bonds is 6. The molecule has 100 valence electrons. The lowest BCUT2D eigenvalue weighted by atomic mass is 10.2. The Morgan fingerprint density at radius 3 is 2.41 bits per heavy atom. The van der Waals surface area contributed by atoms with Crippen LogP contribution in [0.25, 0.3) is 0 Å². The molecule has 1 aliphatic rings. The van der Waals surface area contributed by atoms with Gasteiger partial charge < -0.3 is 5.32 Å². The van der Waals surface area contributed by atoms with Crippen LogP contribution >= 0.6 is 0 Å². The minimum atomic E-state index is -4.27. The van der Waals surface area contributed by atoms with Gasteiger partial charge in [-0.25, -0.2) is 0 Å². The minimum Gasteiger partial charge on any atom is -0.355 e. The van der Waals surface area contributed by atoms with Crippen LogP contribution in [0.3, 0.4) is 0 Å². The maximum atomic E-state index is 12.6. The van der Waals surface area contributed by atoms with Crippen LogP contribution in [0.1, 0.15) is 39.5 Å². The molecule has 2 N–H and O–H groups in total. The van der Waals surface area contributed by atoms with Gasteiger partial charge in [0.15, 0.2) is 0 Å². The normalized spacial score (nSPS) is 19.8.